The number of thiazole rings is 1. The lowest BCUT2D eigenvalue weighted by molar-refractivity contribution is 0.0934. The number of carbonyl (C=O) groups excluding carboxylic acids is 2. The van der Waals surface area contributed by atoms with Crippen molar-refractivity contribution in [2.45, 2.75) is 13.0 Å². The topological polar surface area (TPSA) is 139 Å². The first-order valence-corrected chi connectivity index (χ1v) is 8.89. The van der Waals surface area contributed by atoms with Gasteiger partial charge in [-0.1, -0.05) is 0 Å². The minimum absolute atomic E-state index is 0.116. The van der Waals surface area contributed by atoms with Crippen LogP contribution in [0.4, 0.5) is 0 Å². The smallest absolute Gasteiger partial charge is 0.272 e. The van der Waals surface area contributed by atoms with E-state index >= 15 is 0 Å². The van der Waals surface area contributed by atoms with E-state index in [-0.39, 0.29) is 17.6 Å². The maximum Gasteiger partial charge on any atom is 0.272 e. The Balaban J connectivity index is 1.74. The molecule has 0 saturated heterocycles. The van der Waals surface area contributed by atoms with Crippen LogP contribution in [-0.2, 0) is 7.05 Å². The first-order valence-electron chi connectivity index (χ1n) is 8.08. The number of guanidine groups is 1. The lowest BCUT2D eigenvalue weighted by Gasteiger charge is -2.11. The van der Waals surface area contributed by atoms with Gasteiger partial charge in [-0.15, -0.1) is 11.3 Å². The van der Waals surface area contributed by atoms with Gasteiger partial charge in [0.1, 0.15) is 21.7 Å². The van der Waals surface area contributed by atoms with Crippen molar-refractivity contribution in [3.63, 3.8) is 0 Å². The summed E-state index contributed by atoms with van der Waals surface area (Å²) >= 11 is 1.15. The molecule has 1 atom stereocenters. The van der Waals surface area contributed by atoms with Crippen molar-refractivity contribution in [3.8, 4) is 0 Å². The predicted molar refractivity (Wildman–Crippen MR) is 105 cm³/mol. The first-order chi connectivity index (χ1) is 13.4. The van der Waals surface area contributed by atoms with Gasteiger partial charge in [0.2, 0.25) is 5.96 Å². The van der Waals surface area contributed by atoms with Crippen LogP contribution in [0.15, 0.2) is 28.8 Å². The quantitative estimate of drug-likeness (QED) is 0.490. The summed E-state index contributed by atoms with van der Waals surface area (Å²) in [5.74, 6) is -0.672. The average Bonchev–Trinajstić information content (AvgIpc) is 3.33. The summed E-state index contributed by atoms with van der Waals surface area (Å²) in [6, 6.07) is -0.436. The molecule has 0 bridgehead atoms. The van der Waals surface area contributed by atoms with Crippen LogP contribution < -0.4 is 10.6 Å². The van der Waals surface area contributed by atoms with E-state index in [1.54, 1.807) is 24.9 Å². The number of nitrogens with one attached hydrogen (secondary N) is 2. The number of nitrogens with zero attached hydrogens (tertiary/aromatic N) is 7. The molecule has 1 unspecified atom stereocenters. The van der Waals surface area contributed by atoms with E-state index in [9.17, 15) is 9.59 Å². The fraction of sp³-hybridized carbons (Fsp3) is 0.250. The zero-order chi connectivity index (χ0) is 20.3. The summed E-state index contributed by atoms with van der Waals surface area (Å²) in [6.07, 6.45) is 4.29. The molecule has 2 amide bonds. The van der Waals surface area contributed by atoms with Crippen molar-refractivity contribution < 1.29 is 9.59 Å². The van der Waals surface area contributed by atoms with Gasteiger partial charge in [-0.3, -0.25) is 19.9 Å². The second kappa shape index (κ2) is 8.00. The molecule has 144 valence electrons. The number of carbonyl (C=O) groups is 2. The van der Waals surface area contributed by atoms with Crippen LogP contribution in [0.5, 0.6) is 0 Å². The normalized spacial score (nSPS) is 12.6. The Kier molecular flexibility index (Phi) is 5.49. The molecule has 0 saturated carbocycles. The van der Waals surface area contributed by atoms with Gasteiger partial charge in [0, 0.05) is 14.1 Å². The Morgan fingerprint density at radius 1 is 1.25 bits per heavy atom. The van der Waals surface area contributed by atoms with Gasteiger partial charge < -0.3 is 9.88 Å². The molecule has 3 aromatic rings. The molecule has 0 aliphatic heterocycles. The molecule has 0 aromatic carbocycles. The maximum atomic E-state index is 12.7. The minimum Gasteiger partial charge on any atom is -0.342 e. The van der Waals surface area contributed by atoms with Crippen molar-refractivity contribution in [2.75, 3.05) is 7.05 Å². The molecule has 0 spiro atoms. The highest BCUT2D eigenvalue weighted by Gasteiger charge is 2.21. The fourth-order valence-corrected chi connectivity index (χ4v) is 3.22. The molecule has 28 heavy (non-hydrogen) atoms. The molecule has 0 aliphatic rings. The third-order valence-electron chi connectivity index (χ3n) is 3.78. The van der Waals surface area contributed by atoms with Crippen molar-refractivity contribution in [2.24, 2.45) is 17.0 Å². The van der Waals surface area contributed by atoms with E-state index in [1.165, 1.54) is 19.6 Å². The summed E-state index contributed by atoms with van der Waals surface area (Å²) in [5.41, 5.74) is 1.19. The van der Waals surface area contributed by atoms with Gasteiger partial charge >= 0.3 is 0 Å². The van der Waals surface area contributed by atoms with Crippen LogP contribution in [0.25, 0.3) is 11.2 Å². The van der Waals surface area contributed by atoms with Crippen molar-refractivity contribution in [1.29, 1.82) is 0 Å². The number of hydrogen-bond acceptors (Lipinski definition) is 8. The van der Waals surface area contributed by atoms with E-state index in [0.29, 0.717) is 21.0 Å². The van der Waals surface area contributed by atoms with Gasteiger partial charge in [-0.2, -0.15) is 0 Å². The Morgan fingerprint density at radius 3 is 2.75 bits per heavy atom. The Hall–Kier alpha value is -3.54. The molecule has 2 N–H and O–H groups in total. The number of amides is 2. The highest BCUT2D eigenvalue weighted by atomic mass is 32.1. The molecular formula is C16H17N9O2S. The second-order valence-electron chi connectivity index (χ2n) is 5.67. The standard InChI is InChI=1S/C16H17N9O2S/c1-8(15-19-5-9(28-15)13(26)24-16(17-2)18-3)23-14(27)10-11-12(21-6-20-10)22-7-25(11)4/h5-8H,2H2,1,3-4H3,(H,23,27)(H,18,24,26). The van der Waals surface area contributed by atoms with E-state index in [4.69, 9.17) is 0 Å². The molecule has 3 aromatic heterocycles. The zero-order valence-electron chi connectivity index (χ0n) is 15.4. The summed E-state index contributed by atoms with van der Waals surface area (Å²) in [4.78, 5) is 49.0. The summed E-state index contributed by atoms with van der Waals surface area (Å²) < 4.78 is 1.68. The van der Waals surface area contributed by atoms with Crippen LogP contribution in [-0.4, -0.2) is 56.0 Å². The number of imidazole rings is 1. The summed E-state index contributed by atoms with van der Waals surface area (Å²) in [5, 5.41) is 5.91. The SMILES string of the molecule is C=NC(=NC)NC(=O)c1cnc(C(C)NC(=O)c2ncnc3ncn(C)c23)s1. The fourth-order valence-electron chi connectivity index (χ4n) is 2.40. The third-order valence-corrected chi connectivity index (χ3v) is 4.96. The van der Waals surface area contributed by atoms with E-state index in [2.05, 4.69) is 47.3 Å². The number of aryl methyl sites for hydroxylation is 1. The van der Waals surface area contributed by atoms with Gasteiger partial charge in [0.15, 0.2) is 11.3 Å². The maximum absolute atomic E-state index is 12.7. The number of hydrogen-bond donors (Lipinski definition) is 2. The zero-order valence-corrected chi connectivity index (χ0v) is 16.2. The van der Waals surface area contributed by atoms with Crippen molar-refractivity contribution in [3.05, 3.63) is 34.4 Å². The monoisotopic (exact) mass is 399 g/mol. The van der Waals surface area contributed by atoms with Crippen molar-refractivity contribution in [1.82, 2.24) is 35.1 Å². The van der Waals surface area contributed by atoms with Gasteiger partial charge in [-0.25, -0.2) is 24.9 Å². The molecule has 0 radical (unpaired) electrons. The lowest BCUT2D eigenvalue weighted by Crippen LogP contribution is -2.28. The summed E-state index contributed by atoms with van der Waals surface area (Å²) in [6.45, 7) is 5.09. The van der Waals surface area contributed by atoms with Crippen LogP contribution in [0, 0.1) is 0 Å². The highest BCUT2D eigenvalue weighted by Crippen LogP contribution is 2.21. The number of aromatic nitrogens is 5. The second-order valence-corrected chi connectivity index (χ2v) is 6.73. The number of rotatable bonds is 4. The first kappa shape index (κ1) is 19.2. The Morgan fingerprint density at radius 2 is 2.04 bits per heavy atom. The molecule has 12 heteroatoms. The van der Waals surface area contributed by atoms with E-state index < -0.39 is 11.9 Å². The van der Waals surface area contributed by atoms with Crippen LogP contribution in [0.1, 0.15) is 38.1 Å². The predicted octanol–water partition coefficient (Wildman–Crippen LogP) is 0.727. The van der Waals surface area contributed by atoms with Crippen molar-refractivity contribution >= 4 is 47.0 Å². The molecule has 0 aliphatic carbocycles. The lowest BCUT2D eigenvalue weighted by atomic mass is 10.3. The molecular weight excluding hydrogens is 382 g/mol. The largest absolute Gasteiger partial charge is 0.342 e. The molecule has 0 fully saturated rings. The Labute approximate surface area is 163 Å². The van der Waals surface area contributed by atoms with Crippen LogP contribution >= 0.6 is 11.3 Å². The van der Waals surface area contributed by atoms with Gasteiger partial charge in [0.25, 0.3) is 11.8 Å². The minimum atomic E-state index is -0.436. The van der Waals surface area contributed by atoms with E-state index in [1.807, 2.05) is 0 Å². The van der Waals surface area contributed by atoms with Crippen LogP contribution in [0.2, 0.25) is 0 Å². The van der Waals surface area contributed by atoms with Crippen LogP contribution in [0.3, 0.4) is 0 Å². The van der Waals surface area contributed by atoms with Gasteiger partial charge in [-0.05, 0) is 13.6 Å². The molecule has 3 heterocycles. The third kappa shape index (κ3) is 3.76. The molecule has 3 rings (SSSR count). The Bertz CT molecular complexity index is 1080. The van der Waals surface area contributed by atoms with Gasteiger partial charge in [0.05, 0.1) is 18.6 Å². The molecule has 11 nitrogen and oxygen atoms in total. The van der Waals surface area contributed by atoms with E-state index in [0.717, 1.165) is 11.3 Å². The summed E-state index contributed by atoms with van der Waals surface area (Å²) in [7, 11) is 3.25. The highest BCUT2D eigenvalue weighted by molar-refractivity contribution is 7.13. The average molecular weight is 399 g/mol. The number of fused-ring (bicyclic) bond motifs is 1. The number of aliphatic imine (C=N–C) groups is 2.